The van der Waals surface area contributed by atoms with Crippen LogP contribution >= 0.6 is 0 Å². The van der Waals surface area contributed by atoms with Crippen LogP contribution in [0, 0.1) is 0 Å². The summed E-state index contributed by atoms with van der Waals surface area (Å²) < 4.78 is 4.97. The van der Waals surface area contributed by atoms with Gasteiger partial charge in [0.15, 0.2) is 0 Å². The van der Waals surface area contributed by atoms with Crippen LogP contribution in [0.3, 0.4) is 0 Å². The van der Waals surface area contributed by atoms with Crippen LogP contribution in [0.2, 0.25) is 0 Å². The minimum atomic E-state index is -1.11. The Hall–Kier alpha value is -2.61. The number of esters is 1. The molecule has 1 atom stereocenters. The molecule has 8 nitrogen and oxygen atoms in total. The van der Waals surface area contributed by atoms with Gasteiger partial charge in [-0.3, -0.25) is 9.59 Å². The van der Waals surface area contributed by atoms with Crippen LogP contribution in [0.15, 0.2) is 30.3 Å². The van der Waals surface area contributed by atoms with Crippen LogP contribution in [0.1, 0.15) is 18.4 Å². The maximum atomic E-state index is 11.3. The first kappa shape index (κ1) is 18.4. The standard InChI is InChI=1S/C12H15NO4.CH4N2O/c13-10(12(15)16)6-7-11(14)17-8-9-4-2-1-3-5-9;2-1(3)4/h1-5,10H,6-8,13H2,(H,15,16);(H4,2,3,4)/t10-;/m0./s1. The zero-order valence-corrected chi connectivity index (χ0v) is 11.4. The van der Waals surface area contributed by atoms with Gasteiger partial charge in [0.1, 0.15) is 12.6 Å². The van der Waals surface area contributed by atoms with Crippen LogP contribution in [0.4, 0.5) is 4.79 Å². The van der Waals surface area contributed by atoms with Crippen LogP contribution in [0.25, 0.3) is 0 Å². The maximum absolute atomic E-state index is 11.3. The van der Waals surface area contributed by atoms with Crippen LogP contribution in [-0.2, 0) is 20.9 Å². The molecule has 1 rings (SSSR count). The predicted molar refractivity (Wildman–Crippen MR) is 74.9 cm³/mol. The summed E-state index contributed by atoms with van der Waals surface area (Å²) in [7, 11) is 0. The van der Waals surface area contributed by atoms with E-state index in [9.17, 15) is 9.59 Å². The largest absolute Gasteiger partial charge is 0.480 e. The molecule has 0 saturated heterocycles. The SMILES string of the molecule is NC(N)=O.N[C@@H](CCC(=O)OCc1ccccc1)C(=O)O. The van der Waals surface area contributed by atoms with Gasteiger partial charge in [-0.25, -0.2) is 4.79 Å². The number of primary amides is 2. The molecule has 0 aromatic heterocycles. The Morgan fingerprint density at radius 3 is 2.14 bits per heavy atom. The summed E-state index contributed by atoms with van der Waals surface area (Å²) in [6.45, 7) is 0.196. The number of aliphatic carboxylic acids is 1. The topological polar surface area (TPSA) is 159 Å². The first-order valence-corrected chi connectivity index (χ1v) is 6.05. The van der Waals surface area contributed by atoms with E-state index in [1.54, 1.807) is 0 Å². The van der Waals surface area contributed by atoms with E-state index in [-0.39, 0.29) is 19.4 Å². The molecule has 116 valence electrons. The van der Waals surface area contributed by atoms with E-state index in [0.29, 0.717) is 0 Å². The fourth-order valence-corrected chi connectivity index (χ4v) is 1.21. The van der Waals surface area contributed by atoms with Crippen molar-refractivity contribution in [2.75, 3.05) is 0 Å². The highest BCUT2D eigenvalue weighted by molar-refractivity contribution is 5.75. The van der Waals surface area contributed by atoms with Crippen molar-refractivity contribution in [1.82, 2.24) is 0 Å². The first-order valence-electron chi connectivity index (χ1n) is 6.05. The van der Waals surface area contributed by atoms with E-state index in [4.69, 9.17) is 20.4 Å². The van der Waals surface area contributed by atoms with Crippen LogP contribution < -0.4 is 17.2 Å². The third-order valence-electron chi connectivity index (χ3n) is 2.22. The van der Waals surface area contributed by atoms with Gasteiger partial charge in [0.2, 0.25) is 0 Å². The molecule has 0 aliphatic rings. The Labute approximate surface area is 121 Å². The second kappa shape index (κ2) is 10.2. The number of hydrogen-bond donors (Lipinski definition) is 4. The molecular weight excluding hydrogens is 278 g/mol. The number of benzene rings is 1. The van der Waals surface area contributed by atoms with Gasteiger partial charge in [0, 0.05) is 6.42 Å². The number of carbonyl (C=O) groups excluding carboxylic acids is 2. The Bertz CT molecular complexity index is 460. The molecule has 0 spiro atoms. The number of nitrogens with two attached hydrogens (primary N) is 3. The van der Waals surface area contributed by atoms with Gasteiger partial charge < -0.3 is 27.0 Å². The molecule has 8 heteroatoms. The summed E-state index contributed by atoms with van der Waals surface area (Å²) in [5.41, 5.74) is 14.7. The summed E-state index contributed by atoms with van der Waals surface area (Å²) in [4.78, 5) is 30.7. The van der Waals surface area contributed by atoms with Crippen molar-refractivity contribution < 1.29 is 24.2 Å². The number of urea groups is 1. The van der Waals surface area contributed by atoms with Gasteiger partial charge in [-0.2, -0.15) is 0 Å². The minimum absolute atomic E-state index is 0.0142. The monoisotopic (exact) mass is 297 g/mol. The smallest absolute Gasteiger partial charge is 0.320 e. The van der Waals surface area contributed by atoms with Gasteiger partial charge in [-0.1, -0.05) is 30.3 Å². The molecular formula is C13H19N3O5. The molecule has 1 aromatic rings. The van der Waals surface area contributed by atoms with Crippen molar-refractivity contribution in [2.45, 2.75) is 25.5 Å². The van der Waals surface area contributed by atoms with E-state index in [1.807, 2.05) is 30.3 Å². The fraction of sp³-hybridized carbons (Fsp3) is 0.308. The van der Waals surface area contributed by atoms with E-state index in [1.165, 1.54) is 0 Å². The first-order chi connectivity index (χ1) is 9.82. The second-order valence-corrected chi connectivity index (χ2v) is 4.03. The van der Waals surface area contributed by atoms with Gasteiger partial charge in [-0.05, 0) is 12.0 Å². The lowest BCUT2D eigenvalue weighted by atomic mass is 10.2. The molecule has 21 heavy (non-hydrogen) atoms. The highest BCUT2D eigenvalue weighted by atomic mass is 16.5. The summed E-state index contributed by atoms with van der Waals surface area (Å²) in [5, 5.41) is 8.53. The Morgan fingerprint density at radius 2 is 1.67 bits per heavy atom. The van der Waals surface area contributed by atoms with Crippen molar-refractivity contribution in [3.63, 3.8) is 0 Å². The number of carboxylic acid groups (broad SMARTS) is 1. The molecule has 1 aromatic carbocycles. The lowest BCUT2D eigenvalue weighted by Gasteiger charge is -2.07. The number of hydrogen-bond acceptors (Lipinski definition) is 5. The van der Waals surface area contributed by atoms with Crippen molar-refractivity contribution >= 4 is 18.0 Å². The third-order valence-corrected chi connectivity index (χ3v) is 2.22. The molecule has 0 bridgehead atoms. The van der Waals surface area contributed by atoms with Crippen molar-refractivity contribution in [3.05, 3.63) is 35.9 Å². The Morgan fingerprint density at radius 1 is 1.14 bits per heavy atom. The molecule has 0 radical (unpaired) electrons. The Kier molecular flexibility index (Phi) is 8.94. The molecule has 7 N–H and O–H groups in total. The van der Waals surface area contributed by atoms with Crippen LogP contribution in [-0.4, -0.2) is 29.1 Å². The Balaban J connectivity index is 0.000000885. The highest BCUT2D eigenvalue weighted by Crippen LogP contribution is 2.03. The lowest BCUT2D eigenvalue weighted by molar-refractivity contribution is -0.145. The molecule has 0 saturated carbocycles. The van der Waals surface area contributed by atoms with Gasteiger partial charge in [-0.15, -0.1) is 0 Å². The van der Waals surface area contributed by atoms with Crippen molar-refractivity contribution in [1.29, 1.82) is 0 Å². The maximum Gasteiger partial charge on any atom is 0.320 e. The average Bonchev–Trinajstić information content (AvgIpc) is 2.42. The van der Waals surface area contributed by atoms with Gasteiger partial charge in [0.05, 0.1) is 0 Å². The minimum Gasteiger partial charge on any atom is -0.480 e. The quantitative estimate of drug-likeness (QED) is 0.538. The van der Waals surface area contributed by atoms with E-state index in [0.717, 1.165) is 5.56 Å². The van der Waals surface area contributed by atoms with Gasteiger partial charge >= 0.3 is 18.0 Å². The van der Waals surface area contributed by atoms with Crippen molar-refractivity contribution in [3.8, 4) is 0 Å². The molecule has 0 aliphatic carbocycles. The zero-order valence-electron chi connectivity index (χ0n) is 11.4. The normalized spacial score (nSPS) is 10.7. The van der Waals surface area contributed by atoms with E-state index >= 15 is 0 Å². The number of carbonyl (C=O) groups is 3. The molecule has 0 heterocycles. The number of ether oxygens (including phenoxy) is 1. The highest BCUT2D eigenvalue weighted by Gasteiger charge is 2.13. The lowest BCUT2D eigenvalue weighted by Crippen LogP contribution is -2.30. The average molecular weight is 297 g/mol. The molecule has 0 unspecified atom stereocenters. The third kappa shape index (κ3) is 11.0. The molecule has 0 fully saturated rings. The van der Waals surface area contributed by atoms with E-state index < -0.39 is 24.0 Å². The number of carboxylic acids is 1. The molecule has 2 amide bonds. The van der Waals surface area contributed by atoms with Crippen molar-refractivity contribution in [2.24, 2.45) is 17.2 Å². The predicted octanol–water partition coefficient (Wildman–Crippen LogP) is -0.0543. The zero-order chi connectivity index (χ0) is 16.3. The van der Waals surface area contributed by atoms with E-state index in [2.05, 4.69) is 11.5 Å². The second-order valence-electron chi connectivity index (χ2n) is 4.03. The summed E-state index contributed by atoms with van der Waals surface area (Å²) in [6, 6.07) is 7.41. The van der Waals surface area contributed by atoms with Crippen LogP contribution in [0.5, 0.6) is 0 Å². The fourth-order valence-electron chi connectivity index (χ4n) is 1.21. The molecule has 0 aliphatic heterocycles. The number of amides is 2. The number of rotatable bonds is 6. The summed E-state index contributed by atoms with van der Waals surface area (Å²) in [6.07, 6.45) is 0.100. The summed E-state index contributed by atoms with van der Waals surface area (Å²) in [5.74, 6) is -1.55. The van der Waals surface area contributed by atoms with Gasteiger partial charge in [0.25, 0.3) is 0 Å². The summed E-state index contributed by atoms with van der Waals surface area (Å²) >= 11 is 0.